The summed E-state index contributed by atoms with van der Waals surface area (Å²) in [5.74, 6) is 0.135. The lowest BCUT2D eigenvalue weighted by atomic mass is 9.69. The van der Waals surface area contributed by atoms with E-state index in [1.807, 2.05) is 24.3 Å². The summed E-state index contributed by atoms with van der Waals surface area (Å²) in [5.41, 5.74) is 5.28. The lowest BCUT2D eigenvalue weighted by Crippen LogP contribution is -2.36. The van der Waals surface area contributed by atoms with Gasteiger partial charge in [-0.05, 0) is 42.7 Å². The number of ketones is 1. The van der Waals surface area contributed by atoms with Crippen LogP contribution in [0.4, 0.5) is 0 Å². The fraction of sp³-hybridized carbons (Fsp3) is 0.333. The maximum Gasteiger partial charge on any atom is 0.302 e. The van der Waals surface area contributed by atoms with Crippen LogP contribution in [-0.4, -0.2) is 25.5 Å². The number of esters is 1. The zero-order valence-corrected chi connectivity index (χ0v) is 18.7. The Labute approximate surface area is 184 Å². The van der Waals surface area contributed by atoms with Gasteiger partial charge in [0.2, 0.25) is 0 Å². The number of aryl methyl sites for hydroxylation is 2. The van der Waals surface area contributed by atoms with E-state index in [9.17, 15) is 9.59 Å². The fourth-order valence-electron chi connectivity index (χ4n) is 4.53. The highest BCUT2D eigenvalue weighted by Gasteiger charge is 2.52. The molecule has 31 heavy (non-hydrogen) atoms. The van der Waals surface area contributed by atoms with Crippen LogP contribution in [0.2, 0.25) is 0 Å². The normalized spacial score (nSPS) is 24.1. The number of benzene rings is 2. The van der Waals surface area contributed by atoms with E-state index < -0.39 is 5.60 Å². The van der Waals surface area contributed by atoms with E-state index in [0.29, 0.717) is 13.0 Å². The quantitative estimate of drug-likeness (QED) is 0.644. The van der Waals surface area contributed by atoms with E-state index in [4.69, 9.17) is 4.74 Å². The summed E-state index contributed by atoms with van der Waals surface area (Å²) in [6, 6.07) is 16.8. The molecule has 3 unspecified atom stereocenters. The summed E-state index contributed by atoms with van der Waals surface area (Å²) in [6.07, 6.45) is 4.15. The highest BCUT2D eigenvalue weighted by molar-refractivity contribution is 5.91. The number of allylic oxidation sites excluding steroid dienone is 1. The highest BCUT2D eigenvalue weighted by Crippen LogP contribution is 2.52. The number of methoxy groups -OCH3 is 1. The third-order valence-electron chi connectivity index (χ3n) is 6.03. The number of hydrogen-bond donors (Lipinski definition) is 0. The SMILES string of the molecule is C=C(c1cc(C)cc(C)c1)C1COC2(c3ccccc3)C=CC(=O)CC12.COC(C)=O. The number of hydrogen-bond acceptors (Lipinski definition) is 4. The van der Waals surface area contributed by atoms with E-state index >= 15 is 0 Å². The molecule has 162 valence electrons. The van der Waals surface area contributed by atoms with Gasteiger partial charge in [-0.15, -0.1) is 0 Å². The third kappa shape index (κ3) is 4.86. The molecule has 1 aliphatic carbocycles. The maximum atomic E-state index is 12.2. The molecule has 2 aromatic rings. The molecule has 0 bridgehead atoms. The Morgan fingerprint density at radius 3 is 2.32 bits per heavy atom. The van der Waals surface area contributed by atoms with Gasteiger partial charge >= 0.3 is 5.97 Å². The Kier molecular flexibility index (Phi) is 6.91. The van der Waals surface area contributed by atoms with Crippen LogP contribution in [0.25, 0.3) is 5.57 Å². The molecule has 0 radical (unpaired) electrons. The summed E-state index contributed by atoms with van der Waals surface area (Å²) in [5, 5.41) is 0. The topological polar surface area (TPSA) is 52.6 Å². The van der Waals surface area contributed by atoms with Gasteiger partial charge in [-0.1, -0.05) is 66.2 Å². The van der Waals surface area contributed by atoms with Crippen molar-refractivity contribution in [1.82, 2.24) is 0 Å². The minimum absolute atomic E-state index is 0.0794. The van der Waals surface area contributed by atoms with Gasteiger partial charge in [-0.3, -0.25) is 9.59 Å². The average Bonchev–Trinajstić information content (AvgIpc) is 3.13. The molecule has 0 aromatic heterocycles. The molecule has 1 fully saturated rings. The Morgan fingerprint density at radius 2 is 1.74 bits per heavy atom. The molecule has 3 atom stereocenters. The predicted octanol–water partition coefficient (Wildman–Crippen LogP) is 5.18. The zero-order valence-electron chi connectivity index (χ0n) is 18.7. The van der Waals surface area contributed by atoms with Gasteiger partial charge in [0.05, 0.1) is 13.7 Å². The Hall–Kier alpha value is -2.98. The van der Waals surface area contributed by atoms with Gasteiger partial charge in [0, 0.05) is 25.2 Å². The number of fused-ring (bicyclic) bond motifs is 1. The van der Waals surface area contributed by atoms with Crippen molar-refractivity contribution in [3.63, 3.8) is 0 Å². The number of ether oxygens (including phenoxy) is 2. The van der Waals surface area contributed by atoms with Crippen LogP contribution in [0.1, 0.15) is 35.6 Å². The molecule has 1 saturated heterocycles. The minimum atomic E-state index is -0.526. The van der Waals surface area contributed by atoms with Gasteiger partial charge < -0.3 is 9.47 Å². The van der Waals surface area contributed by atoms with Crippen molar-refractivity contribution in [3.05, 3.63) is 89.5 Å². The van der Waals surface area contributed by atoms with Crippen LogP contribution in [0.3, 0.4) is 0 Å². The molecule has 2 aliphatic rings. The van der Waals surface area contributed by atoms with E-state index in [-0.39, 0.29) is 23.6 Å². The summed E-state index contributed by atoms with van der Waals surface area (Å²) < 4.78 is 10.5. The monoisotopic (exact) mass is 418 g/mol. The summed E-state index contributed by atoms with van der Waals surface area (Å²) >= 11 is 0. The maximum absolute atomic E-state index is 12.2. The van der Waals surface area contributed by atoms with E-state index in [1.165, 1.54) is 25.2 Å². The van der Waals surface area contributed by atoms with Crippen LogP contribution in [-0.2, 0) is 24.7 Å². The summed E-state index contributed by atoms with van der Waals surface area (Å²) in [6.45, 7) is 10.6. The third-order valence-corrected chi connectivity index (χ3v) is 6.03. The molecule has 1 aliphatic heterocycles. The summed E-state index contributed by atoms with van der Waals surface area (Å²) in [4.78, 5) is 21.8. The number of carbonyl (C=O) groups excluding carboxylic acids is 2. The predicted molar refractivity (Wildman–Crippen MR) is 122 cm³/mol. The highest BCUT2D eigenvalue weighted by atomic mass is 16.5. The van der Waals surface area contributed by atoms with Crippen molar-refractivity contribution in [3.8, 4) is 0 Å². The lowest BCUT2D eigenvalue weighted by molar-refractivity contribution is -0.137. The van der Waals surface area contributed by atoms with Gasteiger partial charge in [-0.2, -0.15) is 0 Å². The first-order chi connectivity index (χ1) is 14.8. The van der Waals surface area contributed by atoms with Crippen LogP contribution in [0.5, 0.6) is 0 Å². The van der Waals surface area contributed by atoms with Crippen molar-refractivity contribution >= 4 is 17.3 Å². The first kappa shape index (κ1) is 22.7. The molecular weight excluding hydrogens is 388 g/mol. The first-order valence-corrected chi connectivity index (χ1v) is 10.5. The zero-order chi connectivity index (χ0) is 22.6. The second-order valence-corrected chi connectivity index (χ2v) is 8.28. The molecular formula is C27H30O4. The second-order valence-electron chi connectivity index (χ2n) is 8.28. The van der Waals surface area contributed by atoms with Crippen molar-refractivity contribution < 1.29 is 19.1 Å². The molecule has 0 amide bonds. The smallest absolute Gasteiger partial charge is 0.302 e. The largest absolute Gasteiger partial charge is 0.469 e. The molecule has 2 aromatic carbocycles. The Balaban J connectivity index is 0.000000491. The van der Waals surface area contributed by atoms with Gasteiger partial charge in [0.15, 0.2) is 5.78 Å². The molecule has 1 heterocycles. The van der Waals surface area contributed by atoms with E-state index in [1.54, 1.807) is 6.08 Å². The van der Waals surface area contributed by atoms with Crippen molar-refractivity contribution in [2.45, 2.75) is 32.8 Å². The summed E-state index contributed by atoms with van der Waals surface area (Å²) in [7, 11) is 1.35. The molecule has 4 nitrogen and oxygen atoms in total. The minimum Gasteiger partial charge on any atom is -0.469 e. The molecule has 0 spiro atoms. The Morgan fingerprint density at radius 1 is 1.13 bits per heavy atom. The van der Waals surface area contributed by atoms with Gasteiger partial charge in [-0.25, -0.2) is 0 Å². The molecule has 0 N–H and O–H groups in total. The first-order valence-electron chi connectivity index (χ1n) is 10.5. The Bertz CT molecular complexity index is 985. The van der Waals surface area contributed by atoms with Crippen LogP contribution in [0.15, 0.2) is 67.3 Å². The van der Waals surface area contributed by atoms with Crippen molar-refractivity contribution in [1.29, 1.82) is 0 Å². The molecule has 4 heteroatoms. The standard InChI is InChI=1S/C24H24O2.C3H6O2/c1-16-11-17(2)13-19(12-16)18(3)22-15-26-24(20-7-5-4-6-8-20)10-9-21(25)14-23(22)24;1-3(4)5-2/h4-13,22-23H,3,14-15H2,1-2H3;1-2H3. The van der Waals surface area contributed by atoms with Crippen molar-refractivity contribution in [2.24, 2.45) is 11.8 Å². The van der Waals surface area contributed by atoms with Crippen LogP contribution < -0.4 is 0 Å². The van der Waals surface area contributed by atoms with E-state index in [2.05, 4.69) is 55.5 Å². The van der Waals surface area contributed by atoms with Gasteiger partial charge in [0.25, 0.3) is 0 Å². The number of rotatable bonds is 3. The van der Waals surface area contributed by atoms with Crippen molar-refractivity contribution in [2.75, 3.05) is 13.7 Å². The molecule has 0 saturated carbocycles. The van der Waals surface area contributed by atoms with Crippen LogP contribution in [0, 0.1) is 25.7 Å². The van der Waals surface area contributed by atoms with E-state index in [0.717, 1.165) is 16.7 Å². The fourth-order valence-corrected chi connectivity index (χ4v) is 4.53. The second kappa shape index (κ2) is 9.44. The van der Waals surface area contributed by atoms with Gasteiger partial charge in [0.1, 0.15) is 5.60 Å². The average molecular weight is 419 g/mol. The number of carbonyl (C=O) groups is 2. The van der Waals surface area contributed by atoms with Crippen LogP contribution >= 0.6 is 0 Å². The molecule has 4 rings (SSSR count). The lowest BCUT2D eigenvalue weighted by Gasteiger charge is -2.36.